The summed E-state index contributed by atoms with van der Waals surface area (Å²) in [7, 11) is 0. The van der Waals surface area contributed by atoms with Crippen molar-refractivity contribution in [3.8, 4) is 0 Å². The highest BCUT2D eigenvalue weighted by atomic mass is 16.6. The molecule has 1 aliphatic heterocycles. The first-order valence-electron chi connectivity index (χ1n) is 17.1. The monoisotopic (exact) mass is 616 g/mol. The Labute approximate surface area is 263 Å². The summed E-state index contributed by atoms with van der Waals surface area (Å²) in [4.78, 5) is 37.4. The zero-order valence-electron chi connectivity index (χ0n) is 28.7. The Hall–Kier alpha value is -1.67. The van der Waals surface area contributed by atoms with Crippen LogP contribution in [0.25, 0.3) is 0 Å². The van der Waals surface area contributed by atoms with Gasteiger partial charge in [-0.05, 0) is 106 Å². The molecule has 6 aliphatic rings. The van der Waals surface area contributed by atoms with Crippen LogP contribution in [0.4, 0.5) is 0 Å². The molecule has 2 spiro atoms. The van der Waals surface area contributed by atoms with Gasteiger partial charge < -0.3 is 24.1 Å². The van der Waals surface area contributed by atoms with Crippen LogP contribution in [0.2, 0.25) is 0 Å². The molecule has 6 rings (SSSR count). The fourth-order valence-corrected chi connectivity index (χ4v) is 13.1. The highest BCUT2D eigenvalue weighted by molar-refractivity contribution is 5.67. The van der Waals surface area contributed by atoms with Gasteiger partial charge in [0.1, 0.15) is 18.3 Å². The van der Waals surface area contributed by atoms with Crippen molar-refractivity contribution in [3.63, 3.8) is 0 Å². The molecule has 1 heterocycles. The minimum atomic E-state index is -0.956. The van der Waals surface area contributed by atoms with Gasteiger partial charge in [0.15, 0.2) is 0 Å². The molecule has 0 amide bonds. The van der Waals surface area contributed by atoms with Crippen molar-refractivity contribution in [2.75, 3.05) is 0 Å². The highest BCUT2D eigenvalue weighted by Gasteiger charge is 2.85. The Bertz CT molecular complexity index is 1240. The second kappa shape index (κ2) is 9.68. The summed E-state index contributed by atoms with van der Waals surface area (Å²) in [6, 6.07) is 0. The van der Waals surface area contributed by atoms with Gasteiger partial charge in [-0.1, -0.05) is 27.7 Å². The van der Waals surface area contributed by atoms with Gasteiger partial charge in [0.05, 0.1) is 17.3 Å². The minimum Gasteiger partial charge on any atom is -0.462 e. The predicted octanol–water partition coefficient (Wildman–Crippen LogP) is 6.15. The van der Waals surface area contributed by atoms with Crippen LogP contribution in [0.5, 0.6) is 0 Å². The maximum Gasteiger partial charge on any atom is 0.302 e. The van der Waals surface area contributed by atoms with Crippen molar-refractivity contribution in [2.45, 2.75) is 163 Å². The molecule has 0 aromatic carbocycles. The van der Waals surface area contributed by atoms with Gasteiger partial charge >= 0.3 is 17.9 Å². The maximum absolute atomic E-state index is 12.7. The number of carbonyl (C=O) groups is 3. The van der Waals surface area contributed by atoms with Gasteiger partial charge in [0, 0.05) is 38.0 Å². The molecule has 44 heavy (non-hydrogen) atoms. The molecule has 0 aromatic heterocycles. The zero-order valence-corrected chi connectivity index (χ0v) is 28.7. The molecule has 8 nitrogen and oxygen atoms in total. The lowest BCUT2D eigenvalue weighted by atomic mass is 9.41. The van der Waals surface area contributed by atoms with E-state index in [4.69, 9.17) is 18.9 Å². The topological polar surface area (TPSA) is 108 Å². The lowest BCUT2D eigenvalue weighted by Gasteiger charge is -2.64. The fraction of sp³-hybridized carbons (Fsp3) is 0.917. The maximum atomic E-state index is 12.7. The van der Waals surface area contributed by atoms with Gasteiger partial charge in [0.25, 0.3) is 0 Å². The van der Waals surface area contributed by atoms with Crippen molar-refractivity contribution in [2.24, 2.45) is 44.8 Å². The molecule has 8 heteroatoms. The molecule has 248 valence electrons. The molecule has 0 unspecified atom stereocenters. The standard InChI is InChI=1S/C36H56O8/c1-20(37)41-23-17-25-33(9)18-24(42-21(2)38)29(34(10)13-11-27(44-34)31(6,7)40)32(33,8)15-16-35(25)19-36(35)14-12-26(43-22(3)39)30(4,5)28(23)36/h23-29,40H,11-19H2,1-10H3/t23-,24-,25-,26-,27-,28+,29-,32+,33-,34+,35-,36+/m0/s1. The number of esters is 3. The van der Waals surface area contributed by atoms with E-state index in [1.807, 2.05) is 13.8 Å². The highest BCUT2D eigenvalue weighted by Crippen LogP contribution is 2.89. The van der Waals surface area contributed by atoms with E-state index in [2.05, 4.69) is 34.6 Å². The quantitative estimate of drug-likeness (QED) is 0.290. The molecule has 12 atom stereocenters. The molecule has 6 fully saturated rings. The van der Waals surface area contributed by atoms with Gasteiger partial charge in [-0.2, -0.15) is 0 Å². The summed E-state index contributed by atoms with van der Waals surface area (Å²) in [6.45, 7) is 19.6. The molecular formula is C36H56O8. The number of rotatable bonds is 5. The molecule has 0 radical (unpaired) electrons. The van der Waals surface area contributed by atoms with Crippen molar-refractivity contribution < 1.29 is 38.4 Å². The Morgan fingerprint density at radius 2 is 1.36 bits per heavy atom. The zero-order chi connectivity index (χ0) is 32.5. The number of fused-ring (bicyclic) bond motifs is 2. The van der Waals surface area contributed by atoms with E-state index in [1.165, 1.54) is 20.8 Å². The molecule has 5 saturated carbocycles. The Morgan fingerprint density at radius 3 is 1.93 bits per heavy atom. The van der Waals surface area contributed by atoms with Crippen LogP contribution in [0.1, 0.15) is 127 Å². The van der Waals surface area contributed by atoms with Crippen LogP contribution in [-0.2, 0) is 33.3 Å². The number of hydrogen-bond donors (Lipinski definition) is 1. The predicted molar refractivity (Wildman–Crippen MR) is 163 cm³/mol. The summed E-state index contributed by atoms with van der Waals surface area (Å²) in [5.74, 6) is -0.426. The van der Waals surface area contributed by atoms with Gasteiger partial charge in [-0.3, -0.25) is 14.4 Å². The van der Waals surface area contributed by atoms with Crippen molar-refractivity contribution in [3.05, 3.63) is 0 Å². The first kappa shape index (κ1) is 32.3. The minimum absolute atomic E-state index is 0.0231. The van der Waals surface area contributed by atoms with E-state index in [1.54, 1.807) is 0 Å². The normalized spacial score (nSPS) is 50.4. The van der Waals surface area contributed by atoms with Gasteiger partial charge in [-0.15, -0.1) is 0 Å². The van der Waals surface area contributed by atoms with E-state index in [0.29, 0.717) is 0 Å². The van der Waals surface area contributed by atoms with Crippen molar-refractivity contribution >= 4 is 17.9 Å². The molecular weight excluding hydrogens is 560 g/mol. The summed E-state index contributed by atoms with van der Waals surface area (Å²) in [6.07, 6.45) is 7.01. The first-order chi connectivity index (χ1) is 20.2. The van der Waals surface area contributed by atoms with Gasteiger partial charge in [-0.25, -0.2) is 0 Å². The van der Waals surface area contributed by atoms with Crippen LogP contribution < -0.4 is 0 Å². The molecule has 1 N–H and O–H groups in total. The second-order valence-electron chi connectivity index (χ2n) is 17.6. The number of aliphatic hydroxyl groups is 1. The third-order valence-corrected chi connectivity index (χ3v) is 14.6. The summed E-state index contributed by atoms with van der Waals surface area (Å²) in [5.41, 5.74) is -2.07. The van der Waals surface area contributed by atoms with Crippen molar-refractivity contribution in [1.29, 1.82) is 0 Å². The van der Waals surface area contributed by atoms with Crippen LogP contribution in [0, 0.1) is 44.8 Å². The fourth-order valence-electron chi connectivity index (χ4n) is 13.1. The van der Waals surface area contributed by atoms with E-state index in [9.17, 15) is 19.5 Å². The molecule has 5 aliphatic carbocycles. The number of hydrogen-bond acceptors (Lipinski definition) is 8. The van der Waals surface area contributed by atoms with Gasteiger partial charge in [0.2, 0.25) is 0 Å². The van der Waals surface area contributed by atoms with Crippen LogP contribution in [-0.4, -0.2) is 58.6 Å². The van der Waals surface area contributed by atoms with Crippen LogP contribution >= 0.6 is 0 Å². The Kier molecular flexibility index (Phi) is 7.10. The Morgan fingerprint density at radius 1 is 0.750 bits per heavy atom. The first-order valence-corrected chi connectivity index (χ1v) is 17.1. The van der Waals surface area contributed by atoms with Crippen LogP contribution in [0.15, 0.2) is 0 Å². The molecule has 0 bridgehead atoms. The van der Waals surface area contributed by atoms with Crippen LogP contribution in [0.3, 0.4) is 0 Å². The van der Waals surface area contributed by atoms with E-state index in [0.717, 1.165) is 57.8 Å². The van der Waals surface area contributed by atoms with E-state index in [-0.39, 0.29) is 87.2 Å². The smallest absolute Gasteiger partial charge is 0.302 e. The molecule has 1 saturated heterocycles. The molecule has 0 aromatic rings. The second-order valence-corrected chi connectivity index (χ2v) is 17.6. The lowest BCUT2D eigenvalue weighted by Crippen LogP contribution is -2.63. The number of ether oxygens (including phenoxy) is 4. The average Bonchev–Trinajstić information content (AvgIpc) is 3.21. The summed E-state index contributed by atoms with van der Waals surface area (Å²) in [5, 5.41) is 10.9. The van der Waals surface area contributed by atoms with E-state index < -0.39 is 11.2 Å². The van der Waals surface area contributed by atoms with Crippen molar-refractivity contribution in [1.82, 2.24) is 0 Å². The SMILES string of the molecule is CC(=O)O[C@H]1C[C@@H]2[C@]3(CC[C@]4(C)[C@@H]([C@@]5(C)CC[C@@H](C(C)(C)O)O5)[C@@H](OC(C)=O)C[C@@]24C)C[C@@]32CC[C@H](OC(C)=O)C(C)(C)[C@@H]12. The third kappa shape index (κ3) is 4.24. The Balaban J connectivity index is 1.42. The summed E-state index contributed by atoms with van der Waals surface area (Å²) >= 11 is 0. The lowest BCUT2D eigenvalue weighted by molar-refractivity contribution is -0.224. The third-order valence-electron chi connectivity index (χ3n) is 14.6. The van der Waals surface area contributed by atoms with E-state index >= 15 is 0 Å². The average molecular weight is 617 g/mol. The summed E-state index contributed by atoms with van der Waals surface area (Å²) < 4.78 is 25.3. The number of carbonyl (C=O) groups excluding carboxylic acids is 3. The largest absolute Gasteiger partial charge is 0.462 e.